The molecule has 3 fully saturated rings. The van der Waals surface area contributed by atoms with Gasteiger partial charge in [-0.15, -0.1) is 0 Å². The average molecular weight is 542 g/mol. The number of rotatable bonds is 3. The lowest BCUT2D eigenvalue weighted by atomic mass is 9.77. The van der Waals surface area contributed by atoms with E-state index < -0.39 is 52.6 Å². The molecule has 0 unspecified atom stereocenters. The summed E-state index contributed by atoms with van der Waals surface area (Å²) in [5, 5.41) is 0. The first-order valence-corrected chi connectivity index (χ1v) is 12.3. The minimum absolute atomic E-state index is 0.0952. The van der Waals surface area contributed by atoms with Crippen molar-refractivity contribution in [2.75, 3.05) is 4.90 Å². The van der Waals surface area contributed by atoms with E-state index in [0.29, 0.717) is 5.56 Å². The highest BCUT2D eigenvalue weighted by Gasteiger charge is 2.77. The molecule has 3 saturated heterocycles. The van der Waals surface area contributed by atoms with Crippen molar-refractivity contribution in [1.82, 2.24) is 9.80 Å². The third kappa shape index (κ3) is 3.06. The Balaban J connectivity index is 1.75. The highest BCUT2D eigenvalue weighted by Crippen LogP contribution is 2.60. The molecule has 2 aromatic carbocycles. The molecule has 3 heterocycles. The molecule has 3 aliphatic heterocycles. The Morgan fingerprint density at radius 1 is 1.00 bits per heavy atom. The molecule has 5 amide bonds. The molecular weight excluding hydrogens is 517 g/mol. The van der Waals surface area contributed by atoms with Crippen LogP contribution in [0, 0.1) is 17.7 Å². The van der Waals surface area contributed by atoms with E-state index >= 15 is 0 Å². The second-order valence-electron chi connectivity index (χ2n) is 10.2. The molecule has 7 nitrogen and oxygen atoms in total. The topological polar surface area (TPSA) is 78.0 Å². The Labute approximate surface area is 211 Å². The summed E-state index contributed by atoms with van der Waals surface area (Å²) in [6, 6.07) is 10.9. The van der Waals surface area contributed by atoms with E-state index in [4.69, 9.17) is 0 Å². The van der Waals surface area contributed by atoms with Crippen molar-refractivity contribution in [3.63, 3.8) is 0 Å². The smallest absolute Gasteiger partial charge is 0.300 e. The number of imide groups is 2. The van der Waals surface area contributed by atoms with E-state index in [1.54, 1.807) is 52.0 Å². The number of urea groups is 1. The van der Waals surface area contributed by atoms with Gasteiger partial charge in [0.1, 0.15) is 11.4 Å². The largest absolute Gasteiger partial charge is 0.332 e. The zero-order valence-electron chi connectivity index (χ0n) is 19.8. The van der Waals surface area contributed by atoms with Crippen LogP contribution in [0.15, 0.2) is 53.0 Å². The van der Waals surface area contributed by atoms with Crippen molar-refractivity contribution in [2.45, 2.75) is 51.2 Å². The molecule has 4 atom stereocenters. The first-order valence-electron chi connectivity index (χ1n) is 11.5. The predicted molar refractivity (Wildman–Crippen MR) is 130 cm³/mol. The van der Waals surface area contributed by atoms with Crippen LogP contribution in [0.3, 0.4) is 0 Å². The van der Waals surface area contributed by atoms with Crippen molar-refractivity contribution in [3.8, 4) is 0 Å². The van der Waals surface area contributed by atoms with E-state index in [2.05, 4.69) is 15.9 Å². The molecule has 0 aliphatic carbocycles. The normalized spacial score (nSPS) is 28.3. The van der Waals surface area contributed by atoms with Crippen LogP contribution in [-0.2, 0) is 14.4 Å². The highest BCUT2D eigenvalue weighted by molar-refractivity contribution is 9.10. The number of likely N-dealkylation sites (tertiary alicyclic amines) is 1. The van der Waals surface area contributed by atoms with Crippen molar-refractivity contribution in [2.24, 2.45) is 11.8 Å². The number of halogens is 2. The lowest BCUT2D eigenvalue weighted by Crippen LogP contribution is -2.55. The van der Waals surface area contributed by atoms with E-state index in [-0.39, 0.29) is 18.0 Å². The molecule has 35 heavy (non-hydrogen) atoms. The highest BCUT2D eigenvalue weighted by atomic mass is 79.9. The summed E-state index contributed by atoms with van der Waals surface area (Å²) in [7, 11) is 0. The number of carbonyl (C=O) groups is 4. The minimum Gasteiger partial charge on any atom is -0.300 e. The quantitative estimate of drug-likeness (QED) is 0.418. The van der Waals surface area contributed by atoms with Gasteiger partial charge in [-0.1, -0.05) is 41.1 Å². The zero-order chi connectivity index (χ0) is 25.4. The molecule has 2 aromatic rings. The SMILES string of the molecule is CC[C@@]12C(=O)N(c3cccc(F)c3)C(=O)N1[C@H](c1ccc(Br)cc1)[C@@H]1C(=O)N(C(C)(C)C)C(=O)[C@@H]12. The van der Waals surface area contributed by atoms with Crippen LogP contribution in [0.5, 0.6) is 0 Å². The van der Waals surface area contributed by atoms with E-state index in [0.717, 1.165) is 15.4 Å². The number of fused-ring (bicyclic) bond motifs is 3. The standard InChI is InChI=1S/C26H25BrFN3O4/c1-5-26-19-18(21(32)31(22(19)33)25(2,3)4)20(14-9-11-15(27)12-10-14)30(26)24(35)29(23(26)34)17-8-6-7-16(28)13-17/h6-13,18-20H,5H2,1-4H3/t18-,19-,20-,26-/m1/s1. The van der Waals surface area contributed by atoms with Crippen molar-refractivity contribution in [3.05, 3.63) is 64.4 Å². The fourth-order valence-electron chi connectivity index (χ4n) is 6.05. The maximum absolute atomic E-state index is 14.1. The fraction of sp³-hybridized carbons (Fsp3) is 0.385. The lowest BCUT2D eigenvalue weighted by Gasteiger charge is -2.37. The average Bonchev–Trinajstić information content (AvgIpc) is 3.32. The Kier molecular flexibility index (Phi) is 5.22. The first-order chi connectivity index (χ1) is 16.4. The van der Waals surface area contributed by atoms with Crippen molar-refractivity contribution >= 4 is 45.4 Å². The minimum atomic E-state index is -1.56. The van der Waals surface area contributed by atoms with Crippen molar-refractivity contribution < 1.29 is 23.6 Å². The Bertz CT molecular complexity index is 1270. The fourth-order valence-corrected chi connectivity index (χ4v) is 6.31. The Morgan fingerprint density at radius 2 is 1.66 bits per heavy atom. The molecule has 182 valence electrons. The molecule has 0 N–H and O–H groups in total. The molecule has 0 bridgehead atoms. The van der Waals surface area contributed by atoms with Gasteiger partial charge in [-0.2, -0.15) is 0 Å². The van der Waals surface area contributed by atoms with Crippen LogP contribution in [0.2, 0.25) is 0 Å². The van der Waals surface area contributed by atoms with Gasteiger partial charge in [0.25, 0.3) is 5.91 Å². The molecule has 3 aliphatic rings. The number of hydrogen-bond acceptors (Lipinski definition) is 4. The summed E-state index contributed by atoms with van der Waals surface area (Å²) in [6.45, 7) is 7.06. The van der Waals surface area contributed by atoms with E-state index in [1.165, 1.54) is 28.0 Å². The number of anilines is 1. The van der Waals surface area contributed by atoms with Crippen LogP contribution in [-0.4, -0.2) is 44.6 Å². The van der Waals surface area contributed by atoms with E-state index in [9.17, 15) is 23.6 Å². The van der Waals surface area contributed by atoms with Crippen LogP contribution < -0.4 is 4.90 Å². The van der Waals surface area contributed by atoms with Gasteiger partial charge in [0.2, 0.25) is 11.8 Å². The summed E-state index contributed by atoms with van der Waals surface area (Å²) < 4.78 is 14.9. The van der Waals surface area contributed by atoms with Crippen LogP contribution in [0.1, 0.15) is 45.7 Å². The van der Waals surface area contributed by atoms with Crippen LogP contribution >= 0.6 is 15.9 Å². The Hall–Kier alpha value is -3.07. The summed E-state index contributed by atoms with van der Waals surface area (Å²) in [4.78, 5) is 59.2. The zero-order valence-corrected chi connectivity index (χ0v) is 21.4. The number of amides is 5. The van der Waals surface area contributed by atoms with Gasteiger partial charge in [-0.3, -0.25) is 19.3 Å². The van der Waals surface area contributed by atoms with Crippen molar-refractivity contribution in [1.29, 1.82) is 0 Å². The summed E-state index contributed by atoms with van der Waals surface area (Å²) in [5.41, 5.74) is -1.61. The van der Waals surface area contributed by atoms with Gasteiger partial charge in [-0.05, 0) is 63.1 Å². The number of nitrogens with zero attached hydrogens (tertiary/aromatic N) is 3. The number of benzene rings is 2. The maximum Gasteiger partial charge on any atom is 0.332 e. The van der Waals surface area contributed by atoms with Gasteiger partial charge < -0.3 is 4.90 Å². The van der Waals surface area contributed by atoms with E-state index in [1.807, 2.05) is 0 Å². The Morgan fingerprint density at radius 3 is 2.23 bits per heavy atom. The van der Waals surface area contributed by atoms with Gasteiger partial charge in [0.05, 0.1) is 23.6 Å². The number of hydrogen-bond donors (Lipinski definition) is 0. The molecule has 0 spiro atoms. The summed E-state index contributed by atoms with van der Waals surface area (Å²) in [5.74, 6) is -3.98. The summed E-state index contributed by atoms with van der Waals surface area (Å²) in [6.07, 6.45) is 0.134. The molecule has 9 heteroatoms. The molecule has 0 saturated carbocycles. The van der Waals surface area contributed by atoms with Gasteiger partial charge >= 0.3 is 6.03 Å². The predicted octanol–water partition coefficient (Wildman–Crippen LogP) is 4.66. The van der Waals surface area contributed by atoms with Gasteiger partial charge in [0.15, 0.2) is 0 Å². The molecular formula is C26H25BrFN3O4. The maximum atomic E-state index is 14.1. The monoisotopic (exact) mass is 541 g/mol. The summed E-state index contributed by atoms with van der Waals surface area (Å²) >= 11 is 3.41. The van der Waals surface area contributed by atoms with Gasteiger partial charge in [0, 0.05) is 10.0 Å². The lowest BCUT2D eigenvalue weighted by molar-refractivity contribution is -0.149. The van der Waals surface area contributed by atoms with Crippen LogP contribution in [0.25, 0.3) is 0 Å². The first kappa shape index (κ1) is 23.7. The third-order valence-corrected chi connectivity index (χ3v) is 7.90. The molecule has 5 rings (SSSR count). The molecule has 0 aromatic heterocycles. The second-order valence-corrected chi connectivity index (χ2v) is 11.1. The third-order valence-electron chi connectivity index (χ3n) is 7.37. The van der Waals surface area contributed by atoms with Crippen LogP contribution in [0.4, 0.5) is 14.9 Å². The number of carbonyl (C=O) groups excluding carboxylic acids is 4. The molecule has 0 radical (unpaired) electrons. The second kappa shape index (κ2) is 7.71. The van der Waals surface area contributed by atoms with Gasteiger partial charge in [-0.25, -0.2) is 14.1 Å².